The zero-order chi connectivity index (χ0) is 21.5. The topological polar surface area (TPSA) is 107 Å². The second-order valence-corrected chi connectivity index (χ2v) is 6.47. The molecular formula is C21H23N3O6. The van der Waals surface area contributed by atoms with Gasteiger partial charge in [-0.25, -0.2) is 5.43 Å². The number of hydrogen-bond acceptors (Lipinski definition) is 7. The fraction of sp³-hybridized carbons (Fsp3) is 0.286. The quantitative estimate of drug-likeness (QED) is 0.534. The van der Waals surface area contributed by atoms with Crippen LogP contribution in [0.1, 0.15) is 23.7 Å². The van der Waals surface area contributed by atoms with Gasteiger partial charge in [0.1, 0.15) is 24.7 Å². The summed E-state index contributed by atoms with van der Waals surface area (Å²) in [6.07, 6.45) is 0.0101. The van der Waals surface area contributed by atoms with Crippen molar-refractivity contribution in [2.75, 3.05) is 32.8 Å². The Morgan fingerprint density at radius 1 is 1.00 bits per heavy atom. The number of carbonyl (C=O) groups is 2. The number of amides is 2. The Kier molecular flexibility index (Phi) is 6.74. The van der Waals surface area contributed by atoms with Gasteiger partial charge in [0.2, 0.25) is 5.91 Å². The van der Waals surface area contributed by atoms with Crippen molar-refractivity contribution in [2.45, 2.75) is 13.3 Å². The van der Waals surface area contributed by atoms with Crippen molar-refractivity contribution in [3.63, 3.8) is 0 Å². The average Bonchev–Trinajstić information content (AvgIpc) is 2.76. The van der Waals surface area contributed by atoms with Crippen LogP contribution in [0.4, 0.5) is 5.69 Å². The molecule has 2 aromatic carbocycles. The zero-order valence-electron chi connectivity index (χ0n) is 17.0. The van der Waals surface area contributed by atoms with E-state index >= 15 is 0 Å². The van der Waals surface area contributed by atoms with Gasteiger partial charge in [0, 0.05) is 29.1 Å². The number of hydrazone groups is 1. The first kappa shape index (κ1) is 21.0. The van der Waals surface area contributed by atoms with E-state index < -0.39 is 5.91 Å². The lowest BCUT2D eigenvalue weighted by Crippen LogP contribution is -2.21. The van der Waals surface area contributed by atoms with Crippen LogP contribution in [0.5, 0.6) is 23.0 Å². The van der Waals surface area contributed by atoms with Crippen molar-refractivity contribution in [3.05, 3.63) is 42.0 Å². The van der Waals surface area contributed by atoms with Gasteiger partial charge in [-0.1, -0.05) is 0 Å². The maximum atomic E-state index is 12.3. The summed E-state index contributed by atoms with van der Waals surface area (Å²) in [5.41, 5.74) is 3.78. The molecule has 2 N–H and O–H groups in total. The molecule has 2 amide bonds. The highest BCUT2D eigenvalue weighted by Gasteiger charge is 2.14. The van der Waals surface area contributed by atoms with Crippen LogP contribution >= 0.6 is 0 Å². The van der Waals surface area contributed by atoms with Gasteiger partial charge in [0.25, 0.3) is 5.91 Å². The number of nitrogens with zero attached hydrogens (tertiary/aromatic N) is 1. The Labute approximate surface area is 174 Å². The van der Waals surface area contributed by atoms with Gasteiger partial charge in [-0.15, -0.1) is 0 Å². The molecule has 9 nitrogen and oxygen atoms in total. The number of rotatable bonds is 7. The second kappa shape index (κ2) is 9.64. The molecule has 0 saturated carbocycles. The largest absolute Gasteiger partial charge is 0.497 e. The maximum absolute atomic E-state index is 12.3. The number of hydrogen-bond donors (Lipinski definition) is 2. The number of carbonyl (C=O) groups excluding carboxylic acids is 2. The number of nitrogens with one attached hydrogen (secondary N) is 2. The Morgan fingerprint density at radius 3 is 2.33 bits per heavy atom. The van der Waals surface area contributed by atoms with E-state index in [2.05, 4.69) is 15.8 Å². The normalized spacial score (nSPS) is 12.7. The molecule has 1 aliphatic rings. The van der Waals surface area contributed by atoms with Crippen LogP contribution in [0, 0.1) is 0 Å². The van der Waals surface area contributed by atoms with Crippen LogP contribution < -0.4 is 29.7 Å². The number of ether oxygens (including phenoxy) is 4. The van der Waals surface area contributed by atoms with Crippen LogP contribution in [0.15, 0.2) is 41.5 Å². The van der Waals surface area contributed by atoms with Gasteiger partial charge in [-0.2, -0.15) is 5.10 Å². The van der Waals surface area contributed by atoms with Crippen LogP contribution in [-0.4, -0.2) is 45.0 Å². The van der Waals surface area contributed by atoms with Crippen LogP contribution in [0.2, 0.25) is 0 Å². The van der Waals surface area contributed by atoms with Gasteiger partial charge < -0.3 is 24.3 Å². The molecule has 0 saturated heterocycles. The van der Waals surface area contributed by atoms with Crippen molar-refractivity contribution in [3.8, 4) is 23.0 Å². The Balaban J connectivity index is 1.57. The number of benzene rings is 2. The average molecular weight is 413 g/mol. The first-order chi connectivity index (χ1) is 14.5. The first-order valence-corrected chi connectivity index (χ1v) is 9.24. The van der Waals surface area contributed by atoms with Gasteiger partial charge in [0.05, 0.1) is 20.6 Å². The predicted molar refractivity (Wildman–Crippen MR) is 111 cm³/mol. The van der Waals surface area contributed by atoms with E-state index in [1.165, 1.54) is 14.2 Å². The molecular weight excluding hydrogens is 390 g/mol. The van der Waals surface area contributed by atoms with Crippen molar-refractivity contribution >= 4 is 23.2 Å². The van der Waals surface area contributed by atoms with Crippen LogP contribution in [-0.2, 0) is 4.79 Å². The van der Waals surface area contributed by atoms with Gasteiger partial charge in [-0.3, -0.25) is 9.59 Å². The third kappa shape index (κ3) is 5.40. The standard InChI is InChI=1S/C21H23N3O6/c1-13(23-24-21(26)14-9-16(27-2)12-17(10-14)28-3)8-20(25)22-15-4-5-18-19(11-15)30-7-6-29-18/h4-5,9-12H,6-8H2,1-3H3,(H,22,25)(H,24,26)/b23-13+. The third-order valence-corrected chi connectivity index (χ3v) is 4.20. The minimum absolute atomic E-state index is 0.0101. The van der Waals surface area contributed by atoms with E-state index in [1.807, 2.05) is 0 Å². The molecule has 0 aliphatic carbocycles. The van der Waals surface area contributed by atoms with Crippen molar-refractivity contribution in [1.29, 1.82) is 0 Å². The number of fused-ring (bicyclic) bond motifs is 1. The second-order valence-electron chi connectivity index (χ2n) is 6.47. The highest BCUT2D eigenvalue weighted by Crippen LogP contribution is 2.32. The lowest BCUT2D eigenvalue weighted by Gasteiger charge is -2.19. The molecule has 1 aliphatic heterocycles. The van der Waals surface area contributed by atoms with Crippen molar-refractivity contribution in [1.82, 2.24) is 5.43 Å². The van der Waals surface area contributed by atoms with Gasteiger partial charge in [0.15, 0.2) is 11.5 Å². The van der Waals surface area contributed by atoms with E-state index in [0.717, 1.165) is 0 Å². The molecule has 9 heteroatoms. The Morgan fingerprint density at radius 2 is 1.67 bits per heavy atom. The molecule has 0 unspecified atom stereocenters. The lowest BCUT2D eigenvalue weighted by atomic mass is 10.2. The van der Waals surface area contributed by atoms with E-state index in [4.69, 9.17) is 18.9 Å². The summed E-state index contributed by atoms with van der Waals surface area (Å²) in [6, 6.07) is 9.97. The van der Waals surface area contributed by atoms with Crippen molar-refractivity contribution < 1.29 is 28.5 Å². The molecule has 0 spiro atoms. The Hall–Kier alpha value is -3.75. The summed E-state index contributed by atoms with van der Waals surface area (Å²) >= 11 is 0. The predicted octanol–water partition coefficient (Wildman–Crippen LogP) is 2.61. The zero-order valence-corrected chi connectivity index (χ0v) is 17.0. The lowest BCUT2D eigenvalue weighted by molar-refractivity contribution is -0.115. The molecule has 30 heavy (non-hydrogen) atoms. The fourth-order valence-corrected chi connectivity index (χ4v) is 2.75. The molecule has 1 heterocycles. The SMILES string of the molecule is COc1cc(OC)cc(C(=O)N/N=C(\C)CC(=O)Nc2ccc3c(c2)OCCO3)c1. The molecule has 3 rings (SSSR count). The van der Waals surface area contributed by atoms with Crippen LogP contribution in [0.3, 0.4) is 0 Å². The third-order valence-electron chi connectivity index (χ3n) is 4.20. The molecule has 0 aromatic heterocycles. The smallest absolute Gasteiger partial charge is 0.271 e. The summed E-state index contributed by atoms with van der Waals surface area (Å²) in [5.74, 6) is 1.49. The Bertz CT molecular complexity index is 951. The van der Waals surface area contributed by atoms with E-state index in [1.54, 1.807) is 43.3 Å². The molecule has 0 radical (unpaired) electrons. The molecule has 0 atom stereocenters. The summed E-state index contributed by atoms with van der Waals surface area (Å²) in [5, 5.41) is 6.76. The number of anilines is 1. The first-order valence-electron chi connectivity index (χ1n) is 9.24. The summed E-state index contributed by atoms with van der Waals surface area (Å²) in [6.45, 7) is 2.62. The van der Waals surface area contributed by atoms with Gasteiger partial charge in [-0.05, 0) is 31.2 Å². The molecule has 0 bridgehead atoms. The molecule has 0 fully saturated rings. The number of methoxy groups -OCH3 is 2. The van der Waals surface area contributed by atoms with Crippen LogP contribution in [0.25, 0.3) is 0 Å². The fourth-order valence-electron chi connectivity index (χ4n) is 2.75. The highest BCUT2D eigenvalue weighted by molar-refractivity contribution is 6.06. The molecule has 158 valence electrons. The summed E-state index contributed by atoms with van der Waals surface area (Å²) in [4.78, 5) is 24.6. The highest BCUT2D eigenvalue weighted by atomic mass is 16.6. The molecule has 2 aromatic rings. The van der Waals surface area contributed by atoms with E-state index in [0.29, 0.717) is 53.2 Å². The van der Waals surface area contributed by atoms with E-state index in [-0.39, 0.29) is 12.3 Å². The summed E-state index contributed by atoms with van der Waals surface area (Å²) < 4.78 is 21.3. The minimum Gasteiger partial charge on any atom is -0.497 e. The van der Waals surface area contributed by atoms with Crippen molar-refractivity contribution in [2.24, 2.45) is 5.10 Å². The van der Waals surface area contributed by atoms with E-state index in [9.17, 15) is 9.59 Å². The summed E-state index contributed by atoms with van der Waals surface area (Å²) in [7, 11) is 3.00. The van der Waals surface area contributed by atoms with Gasteiger partial charge >= 0.3 is 0 Å². The maximum Gasteiger partial charge on any atom is 0.271 e. The monoisotopic (exact) mass is 413 g/mol. The minimum atomic E-state index is -0.446.